The van der Waals surface area contributed by atoms with E-state index < -0.39 is 5.97 Å². The first kappa shape index (κ1) is 15.9. The highest BCUT2D eigenvalue weighted by Gasteiger charge is 2.16. The highest BCUT2D eigenvalue weighted by atomic mass is 35.5. The zero-order valence-corrected chi connectivity index (χ0v) is 13.4. The van der Waals surface area contributed by atoms with Crippen molar-refractivity contribution in [2.75, 3.05) is 14.2 Å². The topological polar surface area (TPSA) is 48.4 Å². The summed E-state index contributed by atoms with van der Waals surface area (Å²) in [6.07, 6.45) is 1.54. The Balaban J connectivity index is 2.57. The molecule has 0 radical (unpaired) electrons. The molecule has 0 unspecified atom stereocenters. The fourth-order valence-corrected chi connectivity index (χ4v) is 2.35. The predicted octanol–water partition coefficient (Wildman–Crippen LogP) is 4.50. The number of hydrogen-bond acceptors (Lipinski definition) is 4. The van der Waals surface area contributed by atoms with Gasteiger partial charge in [-0.05, 0) is 23.8 Å². The molecule has 0 atom stereocenters. The Morgan fingerprint density at radius 3 is 2.19 bits per heavy atom. The minimum Gasteiger partial charge on any atom is -0.480 e. The fraction of sp³-hybridized carbons (Fsp3) is 0.143. The summed E-state index contributed by atoms with van der Waals surface area (Å²) in [6.45, 7) is 0. The maximum absolute atomic E-state index is 11.7. The zero-order valence-electron chi connectivity index (χ0n) is 11.1. The number of carbonyl (C=O) groups is 1. The molecule has 21 heavy (non-hydrogen) atoms. The third-order valence-corrected chi connectivity index (χ3v) is 3.96. The monoisotopic (exact) mass is 345 g/mol. The first-order chi connectivity index (χ1) is 9.97. The Kier molecular flexibility index (Phi) is 4.93. The van der Waals surface area contributed by atoms with E-state index in [-0.39, 0.29) is 16.5 Å². The van der Waals surface area contributed by atoms with Crippen molar-refractivity contribution in [3.8, 4) is 17.0 Å². The van der Waals surface area contributed by atoms with Gasteiger partial charge in [0, 0.05) is 11.8 Å². The van der Waals surface area contributed by atoms with Crippen molar-refractivity contribution in [3.63, 3.8) is 0 Å². The molecule has 0 aliphatic rings. The zero-order chi connectivity index (χ0) is 15.6. The van der Waals surface area contributed by atoms with Gasteiger partial charge in [0.2, 0.25) is 5.88 Å². The number of hydrogen-bond donors (Lipinski definition) is 0. The van der Waals surface area contributed by atoms with Gasteiger partial charge in [-0.2, -0.15) is 0 Å². The normalized spacial score (nSPS) is 10.3. The molecule has 1 heterocycles. The number of carbonyl (C=O) groups excluding carboxylic acids is 1. The second-order valence-corrected chi connectivity index (χ2v) is 5.22. The number of pyridine rings is 1. The average Bonchev–Trinajstić information content (AvgIpc) is 2.50. The van der Waals surface area contributed by atoms with Crippen LogP contribution < -0.4 is 4.74 Å². The molecule has 0 saturated heterocycles. The number of ether oxygens (including phenoxy) is 2. The second-order valence-electron chi connectivity index (χ2n) is 4.03. The number of methoxy groups -OCH3 is 2. The lowest BCUT2D eigenvalue weighted by Gasteiger charge is -2.09. The van der Waals surface area contributed by atoms with Gasteiger partial charge in [-0.25, -0.2) is 9.78 Å². The first-order valence-electron chi connectivity index (χ1n) is 5.75. The molecule has 0 bridgehead atoms. The van der Waals surface area contributed by atoms with Crippen LogP contribution in [0.3, 0.4) is 0 Å². The van der Waals surface area contributed by atoms with E-state index in [4.69, 9.17) is 44.3 Å². The van der Waals surface area contributed by atoms with Gasteiger partial charge >= 0.3 is 5.97 Å². The van der Waals surface area contributed by atoms with E-state index in [1.165, 1.54) is 14.2 Å². The van der Waals surface area contributed by atoms with E-state index in [2.05, 4.69) is 4.98 Å². The largest absolute Gasteiger partial charge is 0.480 e. The third-order valence-electron chi connectivity index (χ3n) is 2.77. The van der Waals surface area contributed by atoms with Crippen LogP contribution in [0.1, 0.15) is 10.4 Å². The number of esters is 1. The SMILES string of the molecule is COC(=O)c1cc(-c2cc(Cl)c(Cl)c(Cl)c2)cnc1OC. The summed E-state index contributed by atoms with van der Waals surface area (Å²) in [6, 6.07) is 4.87. The van der Waals surface area contributed by atoms with Crippen molar-refractivity contribution in [3.05, 3.63) is 45.0 Å². The van der Waals surface area contributed by atoms with Crippen LogP contribution >= 0.6 is 34.8 Å². The van der Waals surface area contributed by atoms with E-state index >= 15 is 0 Å². The van der Waals surface area contributed by atoms with E-state index in [1.807, 2.05) is 0 Å². The highest BCUT2D eigenvalue weighted by Crippen LogP contribution is 2.35. The van der Waals surface area contributed by atoms with Crippen LogP contribution in [0.2, 0.25) is 15.1 Å². The molecule has 0 amide bonds. The van der Waals surface area contributed by atoms with Crippen LogP contribution in [0.25, 0.3) is 11.1 Å². The van der Waals surface area contributed by atoms with Crippen molar-refractivity contribution in [2.24, 2.45) is 0 Å². The summed E-state index contributed by atoms with van der Waals surface area (Å²) in [5.41, 5.74) is 1.52. The Morgan fingerprint density at radius 2 is 1.67 bits per heavy atom. The van der Waals surface area contributed by atoms with Gasteiger partial charge in [-0.1, -0.05) is 34.8 Å². The number of aromatic nitrogens is 1. The standard InChI is InChI=1S/C14H10Cl3NO3/c1-20-13-9(14(19)21-2)3-8(6-18-13)7-4-10(15)12(17)11(16)5-7/h3-6H,1-2H3. The average molecular weight is 347 g/mol. The van der Waals surface area contributed by atoms with Crippen LogP contribution in [-0.4, -0.2) is 25.2 Å². The lowest BCUT2D eigenvalue weighted by Crippen LogP contribution is -2.05. The van der Waals surface area contributed by atoms with Gasteiger partial charge in [0.1, 0.15) is 5.56 Å². The van der Waals surface area contributed by atoms with E-state index in [1.54, 1.807) is 24.4 Å². The van der Waals surface area contributed by atoms with E-state index in [0.717, 1.165) is 0 Å². The molecule has 0 aliphatic carbocycles. The van der Waals surface area contributed by atoms with Crippen molar-refractivity contribution in [2.45, 2.75) is 0 Å². The van der Waals surface area contributed by atoms with Crippen LogP contribution in [0.5, 0.6) is 5.88 Å². The molecule has 2 rings (SSSR count). The van der Waals surface area contributed by atoms with Crippen LogP contribution in [0, 0.1) is 0 Å². The van der Waals surface area contributed by atoms with Gasteiger partial charge < -0.3 is 9.47 Å². The Labute approximate surface area is 136 Å². The van der Waals surface area contributed by atoms with Gasteiger partial charge in [0.15, 0.2) is 0 Å². The molecular formula is C14H10Cl3NO3. The molecule has 0 saturated carbocycles. The van der Waals surface area contributed by atoms with Crippen molar-refractivity contribution in [1.29, 1.82) is 0 Å². The van der Waals surface area contributed by atoms with Crippen LogP contribution in [0.4, 0.5) is 0 Å². The summed E-state index contributed by atoms with van der Waals surface area (Å²) in [4.78, 5) is 15.8. The smallest absolute Gasteiger partial charge is 0.343 e. The van der Waals surface area contributed by atoms with Gasteiger partial charge in [0.25, 0.3) is 0 Å². The molecule has 2 aromatic rings. The number of rotatable bonds is 3. The van der Waals surface area contributed by atoms with Gasteiger partial charge in [-0.15, -0.1) is 0 Å². The summed E-state index contributed by atoms with van der Waals surface area (Å²) in [5, 5.41) is 0.904. The van der Waals surface area contributed by atoms with Crippen molar-refractivity contribution >= 4 is 40.8 Å². The molecule has 1 aromatic heterocycles. The number of halogens is 3. The molecule has 0 N–H and O–H groups in total. The second kappa shape index (κ2) is 6.52. The number of benzene rings is 1. The molecule has 0 spiro atoms. The minimum absolute atomic E-state index is 0.178. The first-order valence-corrected chi connectivity index (χ1v) is 6.88. The Morgan fingerprint density at radius 1 is 1.05 bits per heavy atom. The van der Waals surface area contributed by atoms with Gasteiger partial charge in [0.05, 0.1) is 29.3 Å². The summed E-state index contributed by atoms with van der Waals surface area (Å²) in [7, 11) is 2.70. The Hall–Kier alpha value is -1.49. The van der Waals surface area contributed by atoms with Crippen molar-refractivity contribution < 1.29 is 14.3 Å². The summed E-state index contributed by atoms with van der Waals surface area (Å²) >= 11 is 17.9. The predicted molar refractivity (Wildman–Crippen MR) is 82.6 cm³/mol. The maximum Gasteiger partial charge on any atom is 0.343 e. The van der Waals surface area contributed by atoms with E-state index in [0.29, 0.717) is 21.2 Å². The fourth-order valence-electron chi connectivity index (χ4n) is 1.75. The van der Waals surface area contributed by atoms with Crippen LogP contribution in [-0.2, 0) is 4.74 Å². The summed E-state index contributed by atoms with van der Waals surface area (Å²) < 4.78 is 9.74. The molecule has 0 fully saturated rings. The lowest BCUT2D eigenvalue weighted by atomic mass is 10.1. The van der Waals surface area contributed by atoms with E-state index in [9.17, 15) is 4.79 Å². The third kappa shape index (κ3) is 3.23. The van der Waals surface area contributed by atoms with Crippen molar-refractivity contribution in [1.82, 2.24) is 4.98 Å². The molecule has 4 nitrogen and oxygen atoms in total. The van der Waals surface area contributed by atoms with Gasteiger partial charge in [-0.3, -0.25) is 0 Å². The molecule has 110 valence electrons. The summed E-state index contributed by atoms with van der Waals surface area (Å²) in [5.74, 6) is -0.371. The quantitative estimate of drug-likeness (QED) is 0.606. The molecule has 0 aliphatic heterocycles. The maximum atomic E-state index is 11.7. The molecule has 1 aromatic carbocycles. The Bertz CT molecular complexity index is 681. The molecule has 7 heteroatoms. The lowest BCUT2D eigenvalue weighted by molar-refractivity contribution is 0.0596. The van der Waals surface area contributed by atoms with Crippen LogP contribution in [0.15, 0.2) is 24.4 Å². The number of nitrogens with zero attached hydrogens (tertiary/aromatic N) is 1. The highest BCUT2D eigenvalue weighted by molar-refractivity contribution is 6.48. The molecular weight excluding hydrogens is 337 g/mol. The minimum atomic E-state index is -0.549.